The Kier molecular flexibility index (Phi) is 4.96. The first kappa shape index (κ1) is 19.0. The predicted molar refractivity (Wildman–Crippen MR) is 99.3 cm³/mol. The minimum absolute atomic E-state index is 0.298. The van der Waals surface area contributed by atoms with Crippen LogP contribution in [-0.2, 0) is 6.18 Å². The maximum atomic E-state index is 13.2. The Labute approximate surface area is 164 Å². The molecule has 0 saturated carbocycles. The third kappa shape index (κ3) is 3.94. The molecule has 1 fully saturated rings. The molecule has 0 atom stereocenters. The lowest BCUT2D eigenvalue weighted by Crippen LogP contribution is -2.49. The SMILES string of the molecule is O=C(c1ccccc1C(F)(F)F)N1CCN(c2ccc(-c3ccco3)nn2)CC1. The number of amides is 1. The third-order valence-electron chi connectivity index (χ3n) is 4.78. The number of hydrogen-bond donors (Lipinski definition) is 0. The van der Waals surface area contributed by atoms with E-state index in [1.165, 1.54) is 23.1 Å². The Bertz CT molecular complexity index is 980. The second-order valence-electron chi connectivity index (χ2n) is 6.58. The van der Waals surface area contributed by atoms with Gasteiger partial charge in [-0.2, -0.15) is 13.2 Å². The second kappa shape index (κ2) is 7.57. The standard InChI is InChI=1S/C20H17F3N4O2/c21-20(22,23)15-5-2-1-4-14(15)19(28)27-11-9-26(10-12-27)18-8-7-16(24-25-18)17-6-3-13-29-17/h1-8,13H,9-12H2. The average molecular weight is 402 g/mol. The molecule has 9 heteroatoms. The van der Waals surface area contributed by atoms with Gasteiger partial charge in [0.25, 0.3) is 5.91 Å². The summed E-state index contributed by atoms with van der Waals surface area (Å²) in [5.74, 6) is 0.641. The van der Waals surface area contributed by atoms with Crippen molar-refractivity contribution in [2.24, 2.45) is 0 Å². The van der Waals surface area contributed by atoms with Crippen molar-refractivity contribution in [2.75, 3.05) is 31.1 Å². The number of rotatable bonds is 3. The van der Waals surface area contributed by atoms with E-state index in [0.717, 1.165) is 6.07 Å². The first-order valence-electron chi connectivity index (χ1n) is 9.01. The molecule has 1 aliphatic rings. The van der Waals surface area contributed by atoms with Gasteiger partial charge in [0.1, 0.15) is 5.69 Å². The summed E-state index contributed by atoms with van der Waals surface area (Å²) in [6.45, 7) is 1.50. The predicted octanol–water partition coefficient (Wildman–Crippen LogP) is 3.72. The van der Waals surface area contributed by atoms with E-state index >= 15 is 0 Å². The van der Waals surface area contributed by atoms with E-state index in [0.29, 0.717) is 43.5 Å². The van der Waals surface area contributed by atoms with Crippen LogP contribution in [0.1, 0.15) is 15.9 Å². The molecule has 0 bridgehead atoms. The van der Waals surface area contributed by atoms with E-state index in [2.05, 4.69) is 10.2 Å². The Morgan fingerprint density at radius 1 is 0.931 bits per heavy atom. The zero-order chi connectivity index (χ0) is 20.4. The molecular weight excluding hydrogens is 385 g/mol. The highest BCUT2D eigenvalue weighted by molar-refractivity contribution is 5.96. The molecule has 29 heavy (non-hydrogen) atoms. The average Bonchev–Trinajstić information content (AvgIpc) is 3.28. The van der Waals surface area contributed by atoms with Crippen LogP contribution in [0.25, 0.3) is 11.5 Å². The number of hydrogen-bond acceptors (Lipinski definition) is 5. The van der Waals surface area contributed by atoms with Crippen molar-refractivity contribution in [1.29, 1.82) is 0 Å². The number of aromatic nitrogens is 2. The topological polar surface area (TPSA) is 62.5 Å². The van der Waals surface area contributed by atoms with Gasteiger partial charge in [-0.25, -0.2) is 0 Å². The Hall–Kier alpha value is -3.36. The van der Waals surface area contributed by atoms with Crippen molar-refractivity contribution in [3.63, 3.8) is 0 Å². The van der Waals surface area contributed by atoms with Crippen LogP contribution in [0.15, 0.2) is 59.2 Å². The van der Waals surface area contributed by atoms with E-state index in [4.69, 9.17) is 4.42 Å². The number of furan rings is 1. The molecule has 4 rings (SSSR count). The maximum Gasteiger partial charge on any atom is 0.417 e. The molecule has 1 saturated heterocycles. The zero-order valence-electron chi connectivity index (χ0n) is 15.3. The molecule has 1 aromatic carbocycles. The summed E-state index contributed by atoms with van der Waals surface area (Å²) in [4.78, 5) is 16.0. The van der Waals surface area contributed by atoms with Crippen molar-refractivity contribution >= 4 is 11.7 Å². The first-order valence-corrected chi connectivity index (χ1v) is 9.01. The molecule has 0 aliphatic carbocycles. The van der Waals surface area contributed by atoms with Crippen LogP contribution in [0, 0.1) is 0 Å². The summed E-state index contributed by atoms with van der Waals surface area (Å²) in [7, 11) is 0. The number of halogens is 3. The second-order valence-corrected chi connectivity index (χ2v) is 6.58. The van der Waals surface area contributed by atoms with Crippen molar-refractivity contribution in [1.82, 2.24) is 15.1 Å². The van der Waals surface area contributed by atoms with E-state index in [1.807, 2.05) is 4.90 Å². The first-order chi connectivity index (χ1) is 13.9. The molecule has 1 aliphatic heterocycles. The highest BCUT2D eigenvalue weighted by Crippen LogP contribution is 2.32. The van der Waals surface area contributed by atoms with Gasteiger partial charge in [-0.3, -0.25) is 4.79 Å². The Balaban J connectivity index is 1.43. The Morgan fingerprint density at radius 2 is 1.69 bits per heavy atom. The summed E-state index contributed by atoms with van der Waals surface area (Å²) < 4.78 is 44.9. The molecule has 1 amide bonds. The van der Waals surface area contributed by atoms with Gasteiger partial charge >= 0.3 is 6.18 Å². The fraction of sp³-hybridized carbons (Fsp3) is 0.250. The number of carbonyl (C=O) groups is 1. The smallest absolute Gasteiger partial charge is 0.417 e. The largest absolute Gasteiger partial charge is 0.463 e. The number of benzene rings is 1. The minimum atomic E-state index is -4.57. The lowest BCUT2D eigenvalue weighted by Gasteiger charge is -2.35. The summed E-state index contributed by atoms with van der Waals surface area (Å²) in [6.07, 6.45) is -3.02. The molecule has 0 radical (unpaired) electrons. The molecule has 0 spiro atoms. The number of piperazine rings is 1. The van der Waals surface area contributed by atoms with Gasteiger partial charge < -0.3 is 14.2 Å². The normalized spacial score (nSPS) is 14.9. The van der Waals surface area contributed by atoms with Crippen LogP contribution in [0.3, 0.4) is 0 Å². The van der Waals surface area contributed by atoms with Gasteiger partial charge in [0, 0.05) is 26.2 Å². The third-order valence-corrected chi connectivity index (χ3v) is 4.78. The monoisotopic (exact) mass is 402 g/mol. The number of alkyl halides is 3. The summed E-state index contributed by atoms with van der Waals surface area (Å²) in [6, 6.07) is 12.0. The molecule has 6 nitrogen and oxygen atoms in total. The van der Waals surface area contributed by atoms with Crippen LogP contribution in [-0.4, -0.2) is 47.2 Å². The van der Waals surface area contributed by atoms with Crippen molar-refractivity contribution < 1.29 is 22.4 Å². The van der Waals surface area contributed by atoms with Gasteiger partial charge in [-0.15, -0.1) is 10.2 Å². The summed E-state index contributed by atoms with van der Waals surface area (Å²) >= 11 is 0. The van der Waals surface area contributed by atoms with E-state index in [1.54, 1.807) is 30.5 Å². The minimum Gasteiger partial charge on any atom is -0.463 e. The number of carbonyl (C=O) groups excluding carboxylic acids is 1. The van der Waals surface area contributed by atoms with Crippen LogP contribution in [0.4, 0.5) is 19.0 Å². The highest BCUT2D eigenvalue weighted by Gasteiger charge is 2.36. The quantitative estimate of drug-likeness (QED) is 0.668. The maximum absolute atomic E-state index is 13.2. The van der Waals surface area contributed by atoms with Crippen LogP contribution in [0.2, 0.25) is 0 Å². The summed E-state index contributed by atoms with van der Waals surface area (Å²) in [5, 5.41) is 8.34. The van der Waals surface area contributed by atoms with E-state index in [-0.39, 0.29) is 5.56 Å². The Morgan fingerprint density at radius 3 is 2.31 bits per heavy atom. The van der Waals surface area contributed by atoms with Crippen molar-refractivity contribution in [2.45, 2.75) is 6.18 Å². The van der Waals surface area contributed by atoms with Gasteiger partial charge in [0.15, 0.2) is 11.6 Å². The molecular formula is C20H17F3N4O2. The van der Waals surface area contributed by atoms with Gasteiger partial charge in [-0.1, -0.05) is 12.1 Å². The fourth-order valence-corrected chi connectivity index (χ4v) is 3.28. The van der Waals surface area contributed by atoms with E-state index < -0.39 is 17.6 Å². The van der Waals surface area contributed by atoms with Gasteiger partial charge in [0.2, 0.25) is 0 Å². The van der Waals surface area contributed by atoms with Crippen LogP contribution < -0.4 is 4.90 Å². The molecule has 2 aromatic heterocycles. The molecule has 3 heterocycles. The zero-order valence-corrected chi connectivity index (χ0v) is 15.3. The van der Waals surface area contributed by atoms with Gasteiger partial charge in [0.05, 0.1) is 17.4 Å². The summed E-state index contributed by atoms with van der Waals surface area (Å²) in [5.41, 5.74) is -0.626. The lowest BCUT2D eigenvalue weighted by molar-refractivity contribution is -0.138. The molecule has 0 unspecified atom stereocenters. The highest BCUT2D eigenvalue weighted by atomic mass is 19.4. The number of nitrogens with zero attached hydrogens (tertiary/aromatic N) is 4. The van der Waals surface area contributed by atoms with Crippen molar-refractivity contribution in [3.8, 4) is 11.5 Å². The van der Waals surface area contributed by atoms with E-state index in [9.17, 15) is 18.0 Å². The van der Waals surface area contributed by atoms with Crippen LogP contribution >= 0.6 is 0 Å². The van der Waals surface area contributed by atoms with Crippen LogP contribution in [0.5, 0.6) is 0 Å². The molecule has 3 aromatic rings. The van der Waals surface area contributed by atoms with Crippen molar-refractivity contribution in [3.05, 3.63) is 65.9 Å². The molecule has 150 valence electrons. The van der Waals surface area contributed by atoms with Gasteiger partial charge in [-0.05, 0) is 36.4 Å². The molecule has 0 N–H and O–H groups in total. The lowest BCUT2D eigenvalue weighted by atomic mass is 10.1. The fourth-order valence-electron chi connectivity index (χ4n) is 3.28. The number of anilines is 1.